The van der Waals surface area contributed by atoms with Gasteiger partial charge in [-0.15, -0.1) is 0 Å². The molecule has 22 heteroatoms. The van der Waals surface area contributed by atoms with Crippen molar-refractivity contribution in [2.24, 2.45) is 5.73 Å². The van der Waals surface area contributed by atoms with Gasteiger partial charge in [0, 0.05) is 29.4 Å². The van der Waals surface area contributed by atoms with Gasteiger partial charge in [0.05, 0.1) is 18.4 Å². The first-order valence-corrected chi connectivity index (χ1v) is 14.4. The summed E-state index contributed by atoms with van der Waals surface area (Å²) in [5.41, 5.74) is 13.5. The summed E-state index contributed by atoms with van der Waals surface area (Å²) in [5.74, 6) is -3.76. The summed E-state index contributed by atoms with van der Waals surface area (Å²) < 4.78 is 67.1. The molecule has 51 heavy (non-hydrogen) atoms. The number of carbonyl (C=O) groups is 4. The number of ether oxygens (including phenoxy) is 1. The molecule has 0 aliphatic carbocycles. The van der Waals surface area contributed by atoms with Crippen LogP contribution < -0.4 is 27.7 Å². The van der Waals surface area contributed by atoms with Crippen molar-refractivity contribution in [3.05, 3.63) is 74.1 Å². The maximum absolute atomic E-state index is 13.4. The third kappa shape index (κ3) is 16.5. The summed E-state index contributed by atoms with van der Waals surface area (Å²) in [4.78, 5) is 60.1. The average molecular weight is 801 g/mol. The monoisotopic (exact) mass is 799 g/mol. The van der Waals surface area contributed by atoms with E-state index in [1.54, 1.807) is 30.3 Å². The number of aromatic nitrogens is 2. The van der Waals surface area contributed by atoms with Crippen LogP contribution in [0.15, 0.2) is 51.9 Å². The fourth-order valence-electron chi connectivity index (χ4n) is 3.56. The van der Waals surface area contributed by atoms with Crippen LogP contribution in [0.3, 0.4) is 0 Å². The Morgan fingerprint density at radius 1 is 1.10 bits per heavy atom. The van der Waals surface area contributed by atoms with Gasteiger partial charge in [-0.1, -0.05) is 24.3 Å². The van der Waals surface area contributed by atoms with Crippen molar-refractivity contribution in [1.82, 2.24) is 14.9 Å². The van der Waals surface area contributed by atoms with Crippen LogP contribution in [0.4, 0.5) is 37.8 Å². The molecule has 0 bridgehead atoms. The molecule has 15 nitrogen and oxygen atoms in total. The molecule has 0 saturated carbocycles. The van der Waals surface area contributed by atoms with Crippen LogP contribution in [0.25, 0.3) is 11.3 Å². The number of benzene rings is 2. The van der Waals surface area contributed by atoms with Crippen LogP contribution in [0.2, 0.25) is 0 Å². The van der Waals surface area contributed by atoms with Crippen LogP contribution in [-0.4, -0.2) is 75.9 Å². The van der Waals surface area contributed by atoms with Crippen molar-refractivity contribution in [3.8, 4) is 11.3 Å². The van der Waals surface area contributed by atoms with E-state index < -0.39 is 36.3 Å². The number of amides is 1. The number of alkyl halides is 6. The first-order chi connectivity index (χ1) is 23.6. The van der Waals surface area contributed by atoms with E-state index in [-0.39, 0.29) is 58.8 Å². The van der Waals surface area contributed by atoms with Crippen LogP contribution in [-0.2, 0) is 32.2 Å². The van der Waals surface area contributed by atoms with E-state index in [0.29, 0.717) is 11.1 Å². The number of nitrogens with two attached hydrogens (primary N) is 2. The molecule has 1 heterocycles. The third-order valence-electron chi connectivity index (χ3n) is 5.50. The molecular weight excluding hydrogens is 768 g/mol. The van der Waals surface area contributed by atoms with Crippen LogP contribution >= 0.6 is 15.9 Å². The second-order valence-corrected chi connectivity index (χ2v) is 10.4. The van der Waals surface area contributed by atoms with Crippen molar-refractivity contribution in [2.75, 3.05) is 18.2 Å². The van der Waals surface area contributed by atoms with E-state index in [2.05, 4.69) is 31.5 Å². The smallest absolute Gasteiger partial charge is 0.483 e. The number of halogens is 7. The van der Waals surface area contributed by atoms with Gasteiger partial charge in [-0.2, -0.15) is 26.3 Å². The summed E-state index contributed by atoms with van der Waals surface area (Å²) in [6.07, 6.45) is -5.08. The van der Waals surface area contributed by atoms with Crippen molar-refractivity contribution in [1.29, 1.82) is 5.41 Å². The van der Waals surface area contributed by atoms with E-state index in [9.17, 15) is 40.7 Å². The third-order valence-corrected chi connectivity index (χ3v) is 6.05. The van der Waals surface area contributed by atoms with E-state index in [1.165, 1.54) is 23.8 Å². The number of amidine groups is 1. The minimum Gasteiger partial charge on any atom is -0.483 e. The maximum Gasteiger partial charge on any atom is 0.490 e. The van der Waals surface area contributed by atoms with Gasteiger partial charge in [0.2, 0.25) is 5.91 Å². The summed E-state index contributed by atoms with van der Waals surface area (Å²) in [6.45, 7) is -0.318. The predicted molar refractivity (Wildman–Crippen MR) is 175 cm³/mol. The zero-order chi connectivity index (χ0) is 39.6. The molecule has 3 rings (SSSR count). The number of esters is 1. The molecule has 1 amide bonds. The Labute approximate surface area is 293 Å². The lowest BCUT2D eigenvalue weighted by Crippen LogP contribution is -2.35. The molecule has 0 aliphatic heterocycles. The van der Waals surface area contributed by atoms with E-state index in [1.807, 2.05) is 13.8 Å². The number of hydrogen-bond donors (Lipinski definition) is 7. The Morgan fingerprint density at radius 2 is 1.61 bits per heavy atom. The molecule has 0 unspecified atom stereocenters. The first kappa shape index (κ1) is 45.3. The zero-order valence-electron chi connectivity index (χ0n) is 26.7. The Bertz CT molecular complexity index is 1720. The highest BCUT2D eigenvalue weighted by Crippen LogP contribution is 2.30. The van der Waals surface area contributed by atoms with E-state index >= 15 is 0 Å². The molecule has 0 atom stereocenters. The van der Waals surface area contributed by atoms with Gasteiger partial charge in [0.25, 0.3) is 12.0 Å². The van der Waals surface area contributed by atoms with Gasteiger partial charge < -0.3 is 37.1 Å². The molecule has 9 N–H and O–H groups in total. The number of carbonyl (C=O) groups excluding carboxylic acids is 2. The number of rotatable bonds is 9. The minimum absolute atomic E-state index is 0.0477. The topological polar surface area (TPSA) is 253 Å². The largest absolute Gasteiger partial charge is 0.490 e. The lowest BCUT2D eigenvalue weighted by molar-refractivity contribution is -0.192. The molecule has 0 spiro atoms. The molecule has 280 valence electrons. The summed E-state index contributed by atoms with van der Waals surface area (Å²) >= 11 is 3.42. The molecule has 3 aromatic rings. The number of hydrogen-bond acceptors (Lipinski definition) is 10. The molecule has 0 fully saturated rings. The average Bonchev–Trinajstić information content (AvgIpc) is 3.01. The number of anilines is 2. The van der Waals surface area contributed by atoms with Crippen molar-refractivity contribution >= 4 is 57.6 Å². The van der Waals surface area contributed by atoms with Crippen molar-refractivity contribution in [2.45, 2.75) is 45.8 Å². The summed E-state index contributed by atoms with van der Waals surface area (Å²) in [6, 6.07) is 11.4. The van der Waals surface area contributed by atoms with Gasteiger partial charge in [0.15, 0.2) is 5.82 Å². The Balaban J connectivity index is 0.00000151. The molecule has 1 aromatic heterocycles. The first-order valence-electron chi connectivity index (χ1n) is 13.7. The second-order valence-electron chi connectivity index (χ2n) is 9.67. The Morgan fingerprint density at radius 3 is 2.04 bits per heavy atom. The normalized spacial score (nSPS) is 10.3. The lowest BCUT2D eigenvalue weighted by atomic mass is 10.1. The Kier molecular flexibility index (Phi) is 19.0. The SMILES string of the molecule is COC(=O)c1cc(N)cc(-c2c(Br)nc(NC(C)C)c(=O)n2CC(=O)NCc2ccc(C(=N)N)cc2)c1.FC(F)F.O=C(O)C(F)(F)F.O=CO. The van der Waals surface area contributed by atoms with E-state index in [4.69, 9.17) is 41.4 Å². The number of nitrogens with one attached hydrogen (secondary N) is 3. The highest BCUT2D eigenvalue weighted by atomic mass is 79.9. The number of nitrogens with zero attached hydrogens (tertiary/aromatic N) is 2. The summed E-state index contributed by atoms with van der Waals surface area (Å²) in [7, 11) is 1.25. The number of carboxylic acid groups (broad SMARTS) is 2. The maximum atomic E-state index is 13.4. The van der Waals surface area contributed by atoms with Crippen LogP contribution in [0, 0.1) is 5.41 Å². The summed E-state index contributed by atoms with van der Waals surface area (Å²) in [5, 5.41) is 27.3. The minimum atomic E-state index is -5.08. The standard InChI is InChI=1S/C25H28BrN7O4.C2HF3O2.CHF3.CH2O2/c1-13(2)31-23-24(35)33(12-19(34)30-11-14-4-6-15(7-5-14)22(28)29)20(21(26)32-23)16-8-17(25(36)37-3)10-18(27)9-16;3-2(4,5)1(6)7;2-1(3)4;2-1-3/h4-10,13H,11-12,27H2,1-3H3,(H3,28,29)(H,30,34)(H,31,32);(H,6,7);1H;1H,(H,2,3). The van der Waals surface area contributed by atoms with Gasteiger partial charge in [0.1, 0.15) is 17.0 Å². The van der Waals surface area contributed by atoms with Gasteiger partial charge in [-0.3, -0.25) is 24.4 Å². The molecule has 2 aromatic carbocycles. The van der Waals surface area contributed by atoms with Gasteiger partial charge in [-0.05, 0) is 53.5 Å². The number of aliphatic carboxylic acids is 1. The second kappa shape index (κ2) is 21.4. The predicted octanol–water partition coefficient (Wildman–Crippen LogP) is 3.97. The van der Waals surface area contributed by atoms with Gasteiger partial charge in [-0.25, -0.2) is 14.6 Å². The molecule has 0 aliphatic rings. The highest BCUT2D eigenvalue weighted by molar-refractivity contribution is 9.10. The molecular formula is C29H32BrF6N7O8. The molecule has 0 radical (unpaired) electrons. The van der Waals surface area contributed by atoms with E-state index in [0.717, 1.165) is 5.56 Å². The Hall–Kier alpha value is -5.67. The van der Waals surface area contributed by atoms with Crippen LogP contribution in [0.1, 0.15) is 35.3 Å². The van der Waals surface area contributed by atoms with Crippen LogP contribution in [0.5, 0.6) is 0 Å². The van der Waals surface area contributed by atoms with Crippen molar-refractivity contribution < 1.29 is 60.5 Å². The quantitative estimate of drug-likeness (QED) is 0.0406. The fraction of sp³-hybridized carbons (Fsp3) is 0.276. The number of methoxy groups -OCH3 is 1. The number of carboxylic acids is 1. The lowest BCUT2D eigenvalue weighted by Gasteiger charge is -2.18. The molecule has 0 saturated heterocycles. The highest BCUT2D eigenvalue weighted by Gasteiger charge is 2.38. The fourth-order valence-corrected chi connectivity index (χ4v) is 4.18. The zero-order valence-corrected chi connectivity index (χ0v) is 28.3. The van der Waals surface area contributed by atoms with Gasteiger partial charge >= 0.3 is 24.8 Å². The number of nitrogen functional groups attached to an aromatic ring is 2. The van der Waals surface area contributed by atoms with Crippen molar-refractivity contribution in [3.63, 3.8) is 0 Å².